The number of carbonyl (C=O) groups is 3. The van der Waals surface area contributed by atoms with Crippen molar-refractivity contribution in [1.82, 2.24) is 14.7 Å². The van der Waals surface area contributed by atoms with E-state index < -0.39 is 35.9 Å². The number of nitrogens with zero attached hydrogens (tertiary/aromatic N) is 3. The highest BCUT2D eigenvalue weighted by molar-refractivity contribution is 6.30. The van der Waals surface area contributed by atoms with Crippen LogP contribution in [-0.2, 0) is 9.59 Å². The summed E-state index contributed by atoms with van der Waals surface area (Å²) in [6.07, 6.45) is -0.00208. The third kappa shape index (κ3) is 6.32. The Bertz CT molecular complexity index is 1280. The van der Waals surface area contributed by atoms with Crippen molar-refractivity contribution in [2.75, 3.05) is 32.7 Å². The molecule has 0 spiro atoms. The Morgan fingerprint density at radius 2 is 1.61 bits per heavy atom. The number of carbonyl (C=O) groups excluding carboxylic acids is 3. The fourth-order valence-corrected chi connectivity index (χ4v) is 6.24. The Hall–Kier alpha value is -3.27. The lowest BCUT2D eigenvalue weighted by Gasteiger charge is -2.38. The highest BCUT2D eigenvalue weighted by Crippen LogP contribution is 2.36. The van der Waals surface area contributed by atoms with Crippen LogP contribution in [0.1, 0.15) is 44.1 Å². The van der Waals surface area contributed by atoms with Gasteiger partial charge in [-0.2, -0.15) is 0 Å². The highest BCUT2D eigenvalue weighted by Gasteiger charge is 2.44. The molecule has 3 amide bonds. The van der Waals surface area contributed by atoms with Gasteiger partial charge in [0.2, 0.25) is 11.8 Å². The first-order chi connectivity index (χ1) is 19.6. The summed E-state index contributed by atoms with van der Waals surface area (Å²) >= 11 is 5.92. The smallest absolute Gasteiger partial charge is 0.410 e. The Kier molecular flexibility index (Phi) is 8.77. The monoisotopic (exact) mass is 591 g/mol. The fraction of sp³-hybridized carbons (Fsp3) is 0.500. The molecule has 2 aromatic rings. The Morgan fingerprint density at radius 1 is 0.951 bits per heavy atom. The van der Waals surface area contributed by atoms with Gasteiger partial charge in [0, 0.05) is 50.5 Å². The van der Waals surface area contributed by atoms with Crippen LogP contribution in [0, 0.1) is 23.5 Å². The highest BCUT2D eigenvalue weighted by atomic mass is 35.5. The van der Waals surface area contributed by atoms with Crippen LogP contribution in [0.2, 0.25) is 5.02 Å². The van der Waals surface area contributed by atoms with E-state index in [2.05, 4.69) is 0 Å². The summed E-state index contributed by atoms with van der Waals surface area (Å²) in [5, 5.41) is -0.0236. The van der Waals surface area contributed by atoms with E-state index in [4.69, 9.17) is 16.3 Å². The van der Waals surface area contributed by atoms with Crippen molar-refractivity contribution in [3.05, 3.63) is 64.7 Å². The number of ether oxygens (including phenoxy) is 1. The molecule has 2 atom stereocenters. The molecule has 2 saturated heterocycles. The van der Waals surface area contributed by atoms with Gasteiger partial charge in [0.25, 0.3) is 0 Å². The van der Waals surface area contributed by atoms with Crippen molar-refractivity contribution in [3.63, 3.8) is 0 Å². The van der Waals surface area contributed by atoms with Crippen LogP contribution in [-0.4, -0.2) is 77.5 Å². The number of likely N-dealkylation sites (N-methyl/N-ethyl adjacent to an activating group) is 1. The van der Waals surface area contributed by atoms with Gasteiger partial charge in [-0.1, -0.05) is 17.7 Å². The third-order valence-electron chi connectivity index (χ3n) is 8.55. The van der Waals surface area contributed by atoms with Gasteiger partial charge in [0.15, 0.2) is 0 Å². The normalized spacial score (nSPS) is 24.6. The second-order valence-corrected chi connectivity index (χ2v) is 11.5. The molecule has 1 aliphatic carbocycles. The van der Waals surface area contributed by atoms with Crippen molar-refractivity contribution < 1.29 is 32.3 Å². The number of halogens is 4. The van der Waals surface area contributed by atoms with E-state index in [1.165, 1.54) is 41.3 Å². The van der Waals surface area contributed by atoms with Gasteiger partial charge in [-0.25, -0.2) is 18.0 Å². The van der Waals surface area contributed by atoms with Crippen LogP contribution in [0.3, 0.4) is 0 Å². The standard InChI is InChI=1S/C30H33ClF3N3O4/c1-2-37(30(40)41-23-6-4-21(32)5-7-23)27-17-36(16-24(27)19-3-8-25(31)26(34)15-19)28(38)18-9-11-35(12-10-18)29(39)20-13-22(33)14-20/h3-8,15,18,20,22,24,27H,2,9-14,16-17H2,1H3. The Labute approximate surface area is 242 Å². The van der Waals surface area contributed by atoms with Crippen LogP contribution in [0.15, 0.2) is 42.5 Å². The Balaban J connectivity index is 1.30. The van der Waals surface area contributed by atoms with E-state index in [-0.39, 0.29) is 66.9 Å². The number of likely N-dealkylation sites (tertiary alicyclic amines) is 2. The molecule has 11 heteroatoms. The predicted molar refractivity (Wildman–Crippen MR) is 146 cm³/mol. The number of benzene rings is 2. The van der Waals surface area contributed by atoms with Crippen LogP contribution >= 0.6 is 11.6 Å². The molecule has 3 fully saturated rings. The summed E-state index contributed by atoms with van der Waals surface area (Å²) in [6.45, 7) is 3.42. The number of hydrogen-bond donors (Lipinski definition) is 0. The molecule has 1 saturated carbocycles. The zero-order chi connectivity index (χ0) is 29.3. The minimum atomic E-state index is -0.899. The van der Waals surface area contributed by atoms with E-state index in [0.29, 0.717) is 31.5 Å². The maximum Gasteiger partial charge on any atom is 0.415 e. The number of hydrogen-bond acceptors (Lipinski definition) is 4. The SMILES string of the molecule is CCN(C(=O)Oc1ccc(F)cc1)C1CN(C(=O)C2CCN(C(=O)C3CC(F)C3)CC2)CC1c1ccc(Cl)c(F)c1. The lowest BCUT2D eigenvalue weighted by molar-refractivity contribution is -0.145. The maximum atomic E-state index is 14.5. The average molecular weight is 592 g/mol. The molecule has 2 aliphatic heterocycles. The van der Waals surface area contributed by atoms with Crippen LogP contribution in [0.4, 0.5) is 18.0 Å². The minimum Gasteiger partial charge on any atom is -0.410 e. The van der Waals surface area contributed by atoms with Crippen molar-refractivity contribution >= 4 is 29.5 Å². The second kappa shape index (κ2) is 12.3. The van der Waals surface area contributed by atoms with Crippen LogP contribution in [0.5, 0.6) is 5.75 Å². The lowest BCUT2D eigenvalue weighted by atomic mass is 9.82. The number of piperidine rings is 1. The first-order valence-electron chi connectivity index (χ1n) is 14.0. The van der Waals surface area contributed by atoms with Crippen molar-refractivity contribution in [1.29, 1.82) is 0 Å². The number of rotatable bonds is 6. The average Bonchev–Trinajstić information content (AvgIpc) is 3.38. The molecule has 0 N–H and O–H groups in total. The largest absolute Gasteiger partial charge is 0.415 e. The number of amides is 3. The van der Waals surface area contributed by atoms with Crippen molar-refractivity contribution in [2.24, 2.45) is 11.8 Å². The molecule has 2 aromatic carbocycles. The van der Waals surface area contributed by atoms with Gasteiger partial charge in [0.1, 0.15) is 23.6 Å². The molecule has 0 radical (unpaired) electrons. The first kappa shape index (κ1) is 29.2. The fourth-order valence-electron chi connectivity index (χ4n) is 6.13. The van der Waals surface area contributed by atoms with Crippen LogP contribution in [0.25, 0.3) is 0 Å². The van der Waals surface area contributed by atoms with Crippen molar-refractivity contribution in [2.45, 2.75) is 50.7 Å². The molecule has 7 nitrogen and oxygen atoms in total. The first-order valence-corrected chi connectivity index (χ1v) is 14.4. The van der Waals surface area contributed by atoms with Crippen molar-refractivity contribution in [3.8, 4) is 5.75 Å². The third-order valence-corrected chi connectivity index (χ3v) is 8.86. The molecule has 5 rings (SSSR count). The summed E-state index contributed by atoms with van der Waals surface area (Å²) in [5.74, 6) is -1.93. The molecule has 2 heterocycles. The summed E-state index contributed by atoms with van der Waals surface area (Å²) < 4.78 is 46.5. The van der Waals surface area contributed by atoms with Gasteiger partial charge in [0.05, 0.1) is 11.1 Å². The van der Waals surface area contributed by atoms with E-state index in [0.717, 1.165) is 0 Å². The molecule has 2 unspecified atom stereocenters. The zero-order valence-electron chi connectivity index (χ0n) is 22.8. The topological polar surface area (TPSA) is 70.2 Å². The molecule has 0 bridgehead atoms. The van der Waals surface area contributed by atoms with Gasteiger partial charge in [-0.3, -0.25) is 9.59 Å². The minimum absolute atomic E-state index is 0.0236. The molecule has 3 aliphatic rings. The quantitative estimate of drug-likeness (QED) is 0.450. The van der Waals surface area contributed by atoms with Crippen LogP contribution < -0.4 is 4.74 Å². The molecule has 41 heavy (non-hydrogen) atoms. The lowest BCUT2D eigenvalue weighted by Crippen LogP contribution is -2.49. The molecule has 0 aromatic heterocycles. The Morgan fingerprint density at radius 3 is 2.22 bits per heavy atom. The summed E-state index contributed by atoms with van der Waals surface area (Å²) in [4.78, 5) is 44.5. The van der Waals surface area contributed by atoms with Gasteiger partial charge < -0.3 is 19.4 Å². The van der Waals surface area contributed by atoms with Gasteiger partial charge >= 0.3 is 6.09 Å². The summed E-state index contributed by atoms with van der Waals surface area (Å²) in [5.41, 5.74) is 0.604. The number of alkyl halides is 1. The zero-order valence-corrected chi connectivity index (χ0v) is 23.5. The van der Waals surface area contributed by atoms with Gasteiger partial charge in [-0.05, 0) is 74.6 Å². The molecule has 220 valence electrons. The van der Waals surface area contributed by atoms with E-state index in [1.54, 1.807) is 22.8 Å². The predicted octanol–water partition coefficient (Wildman–Crippen LogP) is 5.42. The van der Waals surface area contributed by atoms with E-state index in [9.17, 15) is 27.6 Å². The maximum absolute atomic E-state index is 14.5. The molecular weight excluding hydrogens is 559 g/mol. The summed E-state index contributed by atoms with van der Waals surface area (Å²) in [6, 6.07) is 9.08. The van der Waals surface area contributed by atoms with E-state index >= 15 is 0 Å². The second-order valence-electron chi connectivity index (χ2n) is 11.1. The molecular formula is C30H33ClF3N3O4. The summed E-state index contributed by atoms with van der Waals surface area (Å²) in [7, 11) is 0. The van der Waals surface area contributed by atoms with Gasteiger partial charge in [-0.15, -0.1) is 0 Å². The van der Waals surface area contributed by atoms with E-state index in [1.807, 2.05) is 0 Å².